The first-order valence-electron chi connectivity index (χ1n) is 7.73. The number of likely N-dealkylation sites (tertiary alicyclic amines) is 1. The first kappa shape index (κ1) is 16.6. The van der Waals surface area contributed by atoms with Gasteiger partial charge in [-0.1, -0.05) is 28.1 Å². The maximum atomic E-state index is 12.8. The first-order chi connectivity index (χ1) is 11.5. The zero-order valence-electron chi connectivity index (χ0n) is 13.2. The van der Waals surface area contributed by atoms with Crippen LogP contribution in [0.15, 0.2) is 41.0 Å². The van der Waals surface area contributed by atoms with E-state index in [-0.39, 0.29) is 23.2 Å². The number of rotatable bonds is 3. The van der Waals surface area contributed by atoms with E-state index in [1.165, 1.54) is 18.3 Å². The summed E-state index contributed by atoms with van der Waals surface area (Å²) in [6.07, 6.45) is 3.18. The third-order valence-electron chi connectivity index (χ3n) is 4.31. The number of carbonyl (C=O) groups is 2. The quantitative estimate of drug-likeness (QED) is 0.866. The minimum absolute atomic E-state index is 0.000385. The molecule has 1 unspecified atom stereocenters. The molecular formula is C18H17BrN2O3. The number of carboxylic acids is 1. The van der Waals surface area contributed by atoms with Crippen LogP contribution < -0.4 is 0 Å². The molecule has 6 heteroatoms. The van der Waals surface area contributed by atoms with Crippen molar-refractivity contribution in [3.8, 4) is 0 Å². The number of carboxylic acid groups (broad SMARTS) is 1. The second-order valence-corrected chi connectivity index (χ2v) is 6.75. The van der Waals surface area contributed by atoms with Gasteiger partial charge in [0.1, 0.15) is 5.69 Å². The molecule has 1 aromatic heterocycles. The minimum atomic E-state index is -1.06. The van der Waals surface area contributed by atoms with Crippen LogP contribution in [0.5, 0.6) is 0 Å². The number of benzene rings is 1. The van der Waals surface area contributed by atoms with Crippen LogP contribution in [0, 0.1) is 6.92 Å². The fraction of sp³-hybridized carbons (Fsp3) is 0.278. The molecule has 1 saturated heterocycles. The van der Waals surface area contributed by atoms with Gasteiger partial charge in [-0.2, -0.15) is 0 Å². The molecule has 0 aliphatic carbocycles. The van der Waals surface area contributed by atoms with Crippen LogP contribution >= 0.6 is 15.9 Å². The van der Waals surface area contributed by atoms with Gasteiger partial charge in [0.05, 0.1) is 11.6 Å². The average molecular weight is 389 g/mol. The molecule has 124 valence electrons. The van der Waals surface area contributed by atoms with Gasteiger partial charge in [0, 0.05) is 17.2 Å². The molecule has 3 rings (SSSR count). The smallest absolute Gasteiger partial charge is 0.335 e. The van der Waals surface area contributed by atoms with Gasteiger partial charge in [-0.05, 0) is 49.1 Å². The number of nitrogens with zero attached hydrogens (tertiary/aromatic N) is 2. The molecule has 2 aromatic rings. The molecule has 0 bridgehead atoms. The first-order valence-corrected chi connectivity index (χ1v) is 8.53. The lowest BCUT2D eigenvalue weighted by molar-refractivity contribution is 0.0696. The Labute approximate surface area is 148 Å². The Morgan fingerprint density at radius 3 is 2.79 bits per heavy atom. The Balaban J connectivity index is 1.89. The highest BCUT2D eigenvalue weighted by atomic mass is 79.9. The molecule has 1 aromatic carbocycles. The molecule has 1 aliphatic heterocycles. The number of carbonyl (C=O) groups excluding carboxylic acids is 1. The molecule has 0 radical (unpaired) electrons. The van der Waals surface area contributed by atoms with Gasteiger partial charge in [0.15, 0.2) is 0 Å². The van der Waals surface area contributed by atoms with Crippen molar-refractivity contribution in [3.63, 3.8) is 0 Å². The molecule has 0 spiro atoms. The van der Waals surface area contributed by atoms with Crippen molar-refractivity contribution in [2.75, 3.05) is 6.54 Å². The molecule has 1 fully saturated rings. The molecule has 1 aliphatic rings. The molecular weight excluding hydrogens is 372 g/mol. The number of aromatic carboxylic acids is 1. The summed E-state index contributed by atoms with van der Waals surface area (Å²) in [5.74, 6) is -1.28. The highest BCUT2D eigenvalue weighted by molar-refractivity contribution is 9.10. The number of aryl methyl sites for hydroxylation is 1. The van der Waals surface area contributed by atoms with E-state index in [1.807, 2.05) is 19.1 Å². The van der Waals surface area contributed by atoms with E-state index in [9.17, 15) is 9.59 Å². The summed E-state index contributed by atoms with van der Waals surface area (Å²) < 4.78 is 1.04. The van der Waals surface area contributed by atoms with Gasteiger partial charge in [-0.3, -0.25) is 9.78 Å². The molecule has 0 saturated carbocycles. The average Bonchev–Trinajstić information content (AvgIpc) is 3.06. The molecule has 1 amide bonds. The van der Waals surface area contributed by atoms with E-state index < -0.39 is 5.97 Å². The molecule has 1 N–H and O–H groups in total. The maximum absolute atomic E-state index is 12.8. The Hall–Kier alpha value is -2.21. The fourth-order valence-electron chi connectivity index (χ4n) is 3.06. The number of amides is 1. The highest BCUT2D eigenvalue weighted by Crippen LogP contribution is 2.34. The van der Waals surface area contributed by atoms with E-state index in [4.69, 9.17) is 5.11 Å². The topological polar surface area (TPSA) is 70.5 Å². The highest BCUT2D eigenvalue weighted by Gasteiger charge is 2.31. The second-order valence-electron chi connectivity index (χ2n) is 5.90. The van der Waals surface area contributed by atoms with Crippen LogP contribution in [0.3, 0.4) is 0 Å². The normalized spacial score (nSPS) is 17.1. The maximum Gasteiger partial charge on any atom is 0.335 e. The number of hydrogen-bond donors (Lipinski definition) is 1. The van der Waals surface area contributed by atoms with Gasteiger partial charge >= 0.3 is 5.97 Å². The van der Waals surface area contributed by atoms with E-state index in [2.05, 4.69) is 27.0 Å². The second kappa shape index (κ2) is 6.73. The monoisotopic (exact) mass is 388 g/mol. The summed E-state index contributed by atoms with van der Waals surface area (Å²) in [6, 6.07) is 8.83. The van der Waals surface area contributed by atoms with Gasteiger partial charge in [-0.25, -0.2) is 4.79 Å². The lowest BCUT2D eigenvalue weighted by Gasteiger charge is -2.25. The molecule has 2 heterocycles. The molecule has 1 atom stereocenters. The number of hydrogen-bond acceptors (Lipinski definition) is 3. The van der Waals surface area contributed by atoms with Crippen LogP contribution in [0.1, 0.15) is 50.9 Å². The van der Waals surface area contributed by atoms with Crippen molar-refractivity contribution >= 4 is 27.8 Å². The fourth-order valence-corrected chi connectivity index (χ4v) is 3.31. The van der Waals surface area contributed by atoms with Crippen LogP contribution in [-0.4, -0.2) is 33.4 Å². The lowest BCUT2D eigenvalue weighted by atomic mass is 10.0. The van der Waals surface area contributed by atoms with Gasteiger partial charge in [0.25, 0.3) is 5.91 Å². The van der Waals surface area contributed by atoms with Crippen LogP contribution in [0.25, 0.3) is 0 Å². The van der Waals surface area contributed by atoms with Crippen molar-refractivity contribution in [1.82, 2.24) is 9.88 Å². The Kier molecular flexibility index (Phi) is 4.66. The number of halogens is 1. The van der Waals surface area contributed by atoms with Gasteiger partial charge in [0.2, 0.25) is 0 Å². The van der Waals surface area contributed by atoms with Crippen molar-refractivity contribution in [3.05, 3.63) is 63.4 Å². The Bertz CT molecular complexity index is 807. The van der Waals surface area contributed by atoms with Crippen molar-refractivity contribution in [2.45, 2.75) is 25.8 Å². The largest absolute Gasteiger partial charge is 0.478 e. The van der Waals surface area contributed by atoms with Crippen molar-refractivity contribution < 1.29 is 14.7 Å². The predicted molar refractivity (Wildman–Crippen MR) is 93.1 cm³/mol. The summed E-state index contributed by atoms with van der Waals surface area (Å²) >= 11 is 3.49. The third kappa shape index (κ3) is 3.19. The zero-order chi connectivity index (χ0) is 17.3. The van der Waals surface area contributed by atoms with Crippen molar-refractivity contribution in [2.24, 2.45) is 0 Å². The third-order valence-corrected chi connectivity index (χ3v) is 5.20. The molecule has 24 heavy (non-hydrogen) atoms. The van der Waals surface area contributed by atoms with E-state index in [1.54, 1.807) is 4.90 Å². The minimum Gasteiger partial charge on any atom is -0.478 e. The number of aromatic nitrogens is 1. The summed E-state index contributed by atoms with van der Waals surface area (Å²) in [7, 11) is 0. The molecule has 5 nitrogen and oxygen atoms in total. The lowest BCUT2D eigenvalue weighted by Crippen LogP contribution is -2.31. The summed E-state index contributed by atoms with van der Waals surface area (Å²) in [4.78, 5) is 29.8. The van der Waals surface area contributed by atoms with Gasteiger partial charge in [-0.15, -0.1) is 0 Å². The van der Waals surface area contributed by atoms with Crippen molar-refractivity contribution in [1.29, 1.82) is 0 Å². The zero-order valence-corrected chi connectivity index (χ0v) is 14.8. The Morgan fingerprint density at radius 2 is 2.08 bits per heavy atom. The number of pyridine rings is 1. The summed E-state index contributed by atoms with van der Waals surface area (Å²) in [5, 5.41) is 9.09. The SMILES string of the molecule is Cc1cc(C2CCCN2C(=O)c2cc(C(=O)O)ccn2)ccc1Br. The Morgan fingerprint density at radius 1 is 1.29 bits per heavy atom. The van der Waals surface area contributed by atoms with E-state index in [0.717, 1.165) is 28.4 Å². The predicted octanol–water partition coefficient (Wildman–Crippen LogP) is 3.83. The van der Waals surface area contributed by atoms with Crippen LogP contribution in [-0.2, 0) is 0 Å². The van der Waals surface area contributed by atoms with Crippen LogP contribution in [0.2, 0.25) is 0 Å². The summed E-state index contributed by atoms with van der Waals surface area (Å²) in [6.45, 7) is 2.67. The van der Waals surface area contributed by atoms with Gasteiger partial charge < -0.3 is 10.0 Å². The van der Waals surface area contributed by atoms with E-state index in [0.29, 0.717) is 6.54 Å². The summed E-state index contributed by atoms with van der Waals surface area (Å²) in [5.41, 5.74) is 2.47. The van der Waals surface area contributed by atoms with E-state index >= 15 is 0 Å². The van der Waals surface area contributed by atoms with Crippen LogP contribution in [0.4, 0.5) is 0 Å². The standard InChI is InChI=1S/C18H17BrN2O3/c1-11-9-12(4-5-14(11)19)16-3-2-8-21(16)17(22)15-10-13(18(23)24)6-7-20-15/h4-7,9-10,16H,2-3,8H2,1H3,(H,23,24).